The lowest BCUT2D eigenvalue weighted by Crippen LogP contribution is -2.42. The Hall–Kier alpha value is -2.76. The topological polar surface area (TPSA) is 81.8 Å². The molecule has 1 aliphatic heterocycles. The highest BCUT2D eigenvalue weighted by molar-refractivity contribution is 5.46. The summed E-state index contributed by atoms with van der Waals surface area (Å²) in [5.74, 6) is 1.62. The molecule has 1 heterocycles. The van der Waals surface area contributed by atoms with Gasteiger partial charge in [0.2, 0.25) is 0 Å². The number of nitrogens with zero attached hydrogens (tertiary/aromatic N) is 1. The fourth-order valence-corrected chi connectivity index (χ4v) is 2.72. The molecule has 0 aromatic heterocycles. The van der Waals surface area contributed by atoms with Crippen LogP contribution in [0, 0.1) is 17.0 Å². The third-order valence-electron chi connectivity index (χ3n) is 4.25. The van der Waals surface area contributed by atoms with Gasteiger partial charge in [-0.3, -0.25) is 10.1 Å². The minimum Gasteiger partial charge on any atom is -0.508 e. The molecule has 0 radical (unpaired) electrons. The number of hydrogen-bond donors (Lipinski definition) is 1. The summed E-state index contributed by atoms with van der Waals surface area (Å²) in [6.07, 6.45) is 1.55. The number of aryl methyl sites for hydroxylation is 2. The van der Waals surface area contributed by atoms with Crippen molar-refractivity contribution < 1.29 is 19.5 Å². The van der Waals surface area contributed by atoms with Crippen LogP contribution in [0.15, 0.2) is 36.4 Å². The molecule has 2 aromatic rings. The lowest BCUT2D eigenvalue weighted by molar-refractivity contribution is -0.384. The maximum Gasteiger partial charge on any atom is 0.269 e. The van der Waals surface area contributed by atoms with E-state index in [1.54, 1.807) is 18.2 Å². The maximum absolute atomic E-state index is 10.7. The van der Waals surface area contributed by atoms with Crippen LogP contribution in [0.2, 0.25) is 0 Å². The fraction of sp³-hybridized carbons (Fsp3) is 0.333. The van der Waals surface area contributed by atoms with Gasteiger partial charge in [0.05, 0.1) is 4.92 Å². The van der Waals surface area contributed by atoms with Crippen LogP contribution in [0.1, 0.15) is 24.5 Å². The van der Waals surface area contributed by atoms with E-state index in [9.17, 15) is 15.2 Å². The quantitative estimate of drug-likeness (QED) is 0.682. The number of nitro groups is 1. The van der Waals surface area contributed by atoms with Crippen LogP contribution < -0.4 is 9.47 Å². The Balaban J connectivity index is 1.68. The molecule has 1 aliphatic rings. The van der Waals surface area contributed by atoms with Gasteiger partial charge in [0.1, 0.15) is 29.5 Å². The molecule has 2 aromatic carbocycles. The average Bonchev–Trinajstić information content (AvgIpc) is 2.55. The first-order valence-corrected chi connectivity index (χ1v) is 7.75. The minimum absolute atomic E-state index is 0.0340. The van der Waals surface area contributed by atoms with Crippen molar-refractivity contribution in [2.24, 2.45) is 0 Å². The Labute approximate surface area is 139 Å². The van der Waals surface area contributed by atoms with E-state index in [0.717, 1.165) is 29.7 Å². The van der Waals surface area contributed by atoms with Crippen LogP contribution in [0.3, 0.4) is 0 Å². The zero-order valence-corrected chi connectivity index (χ0v) is 13.6. The van der Waals surface area contributed by atoms with Crippen LogP contribution in [0.4, 0.5) is 5.69 Å². The van der Waals surface area contributed by atoms with Crippen LogP contribution in [0.25, 0.3) is 0 Å². The van der Waals surface area contributed by atoms with Crippen LogP contribution in [-0.2, 0) is 6.42 Å². The third-order valence-corrected chi connectivity index (χ3v) is 4.25. The monoisotopic (exact) mass is 329 g/mol. The Morgan fingerprint density at radius 2 is 2.04 bits per heavy atom. The number of nitro benzene ring substituents is 1. The SMILES string of the molecule is Cc1cc2c(cc1O)CCC(C)(COc1ccc([N+](=O)[O-])cc1)O2. The number of ether oxygens (including phenoxy) is 2. The minimum atomic E-state index is -0.488. The van der Waals surface area contributed by atoms with E-state index in [2.05, 4.69) is 0 Å². The molecule has 0 fully saturated rings. The third kappa shape index (κ3) is 3.27. The van der Waals surface area contributed by atoms with Gasteiger partial charge in [-0.05, 0) is 62.1 Å². The molecule has 6 nitrogen and oxygen atoms in total. The summed E-state index contributed by atoms with van der Waals surface area (Å²) in [5, 5.41) is 20.5. The molecule has 1 N–H and O–H groups in total. The second-order valence-corrected chi connectivity index (χ2v) is 6.34. The van der Waals surface area contributed by atoms with E-state index in [4.69, 9.17) is 9.47 Å². The predicted octanol–water partition coefficient (Wildman–Crippen LogP) is 3.77. The number of fused-ring (bicyclic) bond motifs is 1. The summed E-state index contributed by atoms with van der Waals surface area (Å²) in [6, 6.07) is 9.60. The largest absolute Gasteiger partial charge is 0.508 e. The molecule has 0 amide bonds. The van der Waals surface area contributed by atoms with E-state index in [1.807, 2.05) is 19.9 Å². The van der Waals surface area contributed by atoms with Crippen molar-refractivity contribution in [3.63, 3.8) is 0 Å². The Morgan fingerprint density at radius 3 is 2.71 bits per heavy atom. The smallest absolute Gasteiger partial charge is 0.269 e. The van der Waals surface area contributed by atoms with E-state index >= 15 is 0 Å². The van der Waals surface area contributed by atoms with E-state index in [-0.39, 0.29) is 11.4 Å². The summed E-state index contributed by atoms with van der Waals surface area (Å²) in [5.41, 5.74) is 1.31. The highest BCUT2D eigenvalue weighted by atomic mass is 16.6. The van der Waals surface area contributed by atoms with Gasteiger partial charge >= 0.3 is 0 Å². The van der Waals surface area contributed by atoms with Crippen LogP contribution in [-0.4, -0.2) is 22.2 Å². The van der Waals surface area contributed by atoms with Crippen LogP contribution in [0.5, 0.6) is 17.2 Å². The predicted molar refractivity (Wildman–Crippen MR) is 88.8 cm³/mol. The Bertz CT molecular complexity index is 772. The van der Waals surface area contributed by atoms with Gasteiger partial charge in [0.25, 0.3) is 5.69 Å². The number of benzene rings is 2. The van der Waals surface area contributed by atoms with Gasteiger partial charge < -0.3 is 14.6 Å². The van der Waals surface area contributed by atoms with Crippen LogP contribution >= 0.6 is 0 Å². The second kappa shape index (κ2) is 6.03. The van der Waals surface area contributed by atoms with Crippen molar-refractivity contribution in [2.45, 2.75) is 32.3 Å². The molecule has 126 valence electrons. The fourth-order valence-electron chi connectivity index (χ4n) is 2.72. The molecule has 0 saturated carbocycles. The molecule has 0 aliphatic carbocycles. The number of hydrogen-bond acceptors (Lipinski definition) is 5. The number of aromatic hydroxyl groups is 1. The Kier molecular flexibility index (Phi) is 4.05. The molecule has 6 heteroatoms. The molecule has 1 atom stereocenters. The highest BCUT2D eigenvalue weighted by Crippen LogP contribution is 2.37. The van der Waals surface area contributed by atoms with Gasteiger partial charge in [-0.1, -0.05) is 0 Å². The van der Waals surface area contributed by atoms with Crippen molar-refractivity contribution in [3.8, 4) is 17.2 Å². The number of phenols is 1. The van der Waals surface area contributed by atoms with Gasteiger partial charge in [0, 0.05) is 12.1 Å². The molecular formula is C18H19NO5. The lowest BCUT2D eigenvalue weighted by atomic mass is 9.92. The van der Waals surface area contributed by atoms with Gasteiger partial charge in [-0.2, -0.15) is 0 Å². The van der Waals surface area contributed by atoms with Crippen molar-refractivity contribution in [1.29, 1.82) is 0 Å². The van der Waals surface area contributed by atoms with Crippen molar-refractivity contribution in [1.82, 2.24) is 0 Å². The normalized spacial score (nSPS) is 19.2. The molecule has 1 unspecified atom stereocenters. The maximum atomic E-state index is 10.7. The number of non-ortho nitro benzene ring substituents is 1. The van der Waals surface area contributed by atoms with E-state index in [1.165, 1.54) is 12.1 Å². The Morgan fingerprint density at radius 1 is 1.33 bits per heavy atom. The van der Waals surface area contributed by atoms with Crippen molar-refractivity contribution in [3.05, 3.63) is 57.6 Å². The van der Waals surface area contributed by atoms with Gasteiger partial charge in [-0.25, -0.2) is 0 Å². The van der Waals surface area contributed by atoms with Gasteiger partial charge in [-0.15, -0.1) is 0 Å². The molecule has 3 rings (SSSR count). The molecule has 0 bridgehead atoms. The highest BCUT2D eigenvalue weighted by Gasteiger charge is 2.33. The zero-order chi connectivity index (χ0) is 17.3. The second-order valence-electron chi connectivity index (χ2n) is 6.34. The van der Waals surface area contributed by atoms with Gasteiger partial charge in [0.15, 0.2) is 0 Å². The number of phenolic OH excluding ortho intramolecular Hbond substituents is 1. The van der Waals surface area contributed by atoms with Crippen molar-refractivity contribution in [2.75, 3.05) is 6.61 Å². The summed E-state index contributed by atoms with van der Waals surface area (Å²) < 4.78 is 11.8. The molecular weight excluding hydrogens is 310 g/mol. The summed E-state index contributed by atoms with van der Waals surface area (Å²) >= 11 is 0. The molecule has 0 spiro atoms. The summed E-state index contributed by atoms with van der Waals surface area (Å²) in [7, 11) is 0. The average molecular weight is 329 g/mol. The summed E-state index contributed by atoms with van der Waals surface area (Å²) in [4.78, 5) is 10.2. The first-order valence-electron chi connectivity index (χ1n) is 7.75. The standard InChI is InChI=1S/C18H19NO5/c1-12-9-17-13(10-16(12)20)7-8-18(2,24-17)11-23-15-5-3-14(4-6-15)19(21)22/h3-6,9-10,20H,7-8,11H2,1-2H3. The molecule has 0 saturated heterocycles. The first-order chi connectivity index (χ1) is 11.4. The van der Waals surface area contributed by atoms with Crippen molar-refractivity contribution >= 4 is 5.69 Å². The summed E-state index contributed by atoms with van der Waals surface area (Å²) in [6.45, 7) is 4.14. The first kappa shape index (κ1) is 16.1. The zero-order valence-electron chi connectivity index (χ0n) is 13.6. The molecule has 24 heavy (non-hydrogen) atoms. The lowest BCUT2D eigenvalue weighted by Gasteiger charge is -2.35. The van der Waals surface area contributed by atoms with E-state index < -0.39 is 10.5 Å². The van der Waals surface area contributed by atoms with E-state index in [0.29, 0.717) is 12.4 Å². The number of rotatable bonds is 4.